The molecule has 0 aliphatic heterocycles. The van der Waals surface area contributed by atoms with Crippen LogP contribution in [0.5, 0.6) is 0 Å². The lowest BCUT2D eigenvalue weighted by Gasteiger charge is -2.10. The van der Waals surface area contributed by atoms with E-state index in [-0.39, 0.29) is 30.7 Å². The molecule has 0 saturated carbocycles. The molecule has 3 rings (SSSR count). The van der Waals surface area contributed by atoms with Crippen LogP contribution in [-0.2, 0) is 16.1 Å². The maximum absolute atomic E-state index is 12.0. The molecule has 0 spiro atoms. The number of rotatable bonds is 4. The van der Waals surface area contributed by atoms with Crippen LogP contribution in [0.25, 0.3) is 0 Å². The summed E-state index contributed by atoms with van der Waals surface area (Å²) in [7, 11) is 0. The van der Waals surface area contributed by atoms with Crippen LogP contribution in [0.4, 0.5) is 0 Å². The molecule has 1 atom stereocenters. The molecule has 1 aliphatic rings. The Bertz CT molecular complexity index is 661. The summed E-state index contributed by atoms with van der Waals surface area (Å²) in [5.74, 6) is -0.184. The predicted molar refractivity (Wildman–Crippen MR) is 79.0 cm³/mol. The van der Waals surface area contributed by atoms with Crippen molar-refractivity contribution in [3.05, 3.63) is 71.3 Å². The Hall–Kier alpha value is -2.42. The van der Waals surface area contributed by atoms with Crippen molar-refractivity contribution < 1.29 is 14.3 Å². The van der Waals surface area contributed by atoms with Gasteiger partial charge in [-0.2, -0.15) is 0 Å². The number of benzene rings is 2. The molecule has 0 saturated heterocycles. The fourth-order valence-electron chi connectivity index (χ4n) is 2.73. The number of hydrogen-bond donors (Lipinski definition) is 0. The van der Waals surface area contributed by atoms with E-state index >= 15 is 0 Å². The molecule has 0 fully saturated rings. The third kappa shape index (κ3) is 3.02. The summed E-state index contributed by atoms with van der Waals surface area (Å²) in [5, 5.41) is 0. The molecule has 2 aromatic rings. The first-order valence-electron chi connectivity index (χ1n) is 7.05. The van der Waals surface area contributed by atoms with Gasteiger partial charge in [0.05, 0.1) is 6.42 Å². The number of fused-ring (bicyclic) bond motifs is 1. The zero-order chi connectivity index (χ0) is 14.7. The van der Waals surface area contributed by atoms with Gasteiger partial charge < -0.3 is 4.74 Å². The van der Waals surface area contributed by atoms with E-state index in [2.05, 4.69) is 0 Å². The number of esters is 1. The molecule has 0 bridgehead atoms. The van der Waals surface area contributed by atoms with Crippen LogP contribution in [0.2, 0.25) is 0 Å². The highest BCUT2D eigenvalue weighted by atomic mass is 16.5. The molecule has 1 aliphatic carbocycles. The highest BCUT2D eigenvalue weighted by molar-refractivity contribution is 6.01. The maximum atomic E-state index is 12.0. The predicted octanol–water partition coefficient (Wildman–Crippen LogP) is 3.49. The van der Waals surface area contributed by atoms with E-state index in [0.29, 0.717) is 6.42 Å². The normalized spacial score (nSPS) is 16.6. The molecule has 1 unspecified atom stereocenters. The zero-order valence-corrected chi connectivity index (χ0v) is 11.6. The summed E-state index contributed by atoms with van der Waals surface area (Å²) in [4.78, 5) is 23.8. The zero-order valence-electron chi connectivity index (χ0n) is 11.6. The van der Waals surface area contributed by atoms with Gasteiger partial charge in [-0.1, -0.05) is 54.6 Å². The van der Waals surface area contributed by atoms with E-state index < -0.39 is 0 Å². The molecule has 0 N–H and O–H groups in total. The van der Waals surface area contributed by atoms with E-state index in [4.69, 9.17) is 4.74 Å². The molecule has 0 amide bonds. The Kier molecular flexibility index (Phi) is 3.82. The lowest BCUT2D eigenvalue weighted by molar-refractivity contribution is -0.145. The Morgan fingerprint density at radius 3 is 2.57 bits per heavy atom. The van der Waals surface area contributed by atoms with Gasteiger partial charge in [0.25, 0.3) is 0 Å². The molecule has 3 heteroatoms. The van der Waals surface area contributed by atoms with Gasteiger partial charge in [0, 0.05) is 17.9 Å². The highest BCUT2D eigenvalue weighted by Gasteiger charge is 2.30. The molecule has 21 heavy (non-hydrogen) atoms. The number of carbonyl (C=O) groups is 2. The topological polar surface area (TPSA) is 43.4 Å². The summed E-state index contributed by atoms with van der Waals surface area (Å²) in [5.41, 5.74) is 2.69. The average molecular weight is 280 g/mol. The van der Waals surface area contributed by atoms with E-state index in [9.17, 15) is 9.59 Å². The first-order chi connectivity index (χ1) is 10.2. The molecular formula is C18H16O3. The lowest BCUT2D eigenvalue weighted by atomic mass is 9.98. The smallest absolute Gasteiger partial charge is 0.306 e. The molecule has 0 radical (unpaired) electrons. The minimum absolute atomic E-state index is 0.0445. The monoisotopic (exact) mass is 280 g/mol. The molecule has 0 heterocycles. The number of Topliss-reactive ketones (excluding diaryl/α,β-unsaturated/α-hetero) is 1. The first-order valence-corrected chi connectivity index (χ1v) is 7.05. The van der Waals surface area contributed by atoms with Crippen molar-refractivity contribution in [1.82, 2.24) is 0 Å². The Morgan fingerprint density at radius 1 is 1.05 bits per heavy atom. The third-order valence-corrected chi connectivity index (χ3v) is 3.79. The molecular weight excluding hydrogens is 264 g/mol. The van der Waals surface area contributed by atoms with Crippen LogP contribution >= 0.6 is 0 Å². The van der Waals surface area contributed by atoms with Gasteiger partial charge in [0.15, 0.2) is 5.78 Å². The van der Waals surface area contributed by atoms with Crippen LogP contribution in [0.15, 0.2) is 54.6 Å². The molecule has 3 nitrogen and oxygen atoms in total. The van der Waals surface area contributed by atoms with E-state index in [0.717, 1.165) is 16.7 Å². The number of ether oxygens (including phenoxy) is 1. The van der Waals surface area contributed by atoms with Crippen molar-refractivity contribution >= 4 is 11.8 Å². The second kappa shape index (κ2) is 5.92. The van der Waals surface area contributed by atoms with Crippen LogP contribution < -0.4 is 0 Å². The molecule has 2 aromatic carbocycles. The van der Waals surface area contributed by atoms with Crippen molar-refractivity contribution in [2.45, 2.75) is 25.4 Å². The van der Waals surface area contributed by atoms with E-state index in [1.54, 1.807) is 0 Å². The maximum Gasteiger partial charge on any atom is 0.306 e. The standard InChI is InChI=1S/C18H16O3/c19-17-10-14(15-8-4-5-9-16(15)17)11-18(20)21-12-13-6-2-1-3-7-13/h1-9,14H,10-12H2. The van der Waals surface area contributed by atoms with Crippen LogP contribution in [-0.4, -0.2) is 11.8 Å². The third-order valence-electron chi connectivity index (χ3n) is 3.79. The van der Waals surface area contributed by atoms with Gasteiger partial charge in [-0.25, -0.2) is 0 Å². The van der Waals surface area contributed by atoms with Crippen molar-refractivity contribution in [2.24, 2.45) is 0 Å². The van der Waals surface area contributed by atoms with Crippen molar-refractivity contribution in [3.63, 3.8) is 0 Å². The Labute approximate surface area is 123 Å². The van der Waals surface area contributed by atoms with Gasteiger partial charge in [-0.3, -0.25) is 9.59 Å². The first kappa shape index (κ1) is 13.6. The lowest BCUT2D eigenvalue weighted by Crippen LogP contribution is -2.09. The van der Waals surface area contributed by atoms with Crippen molar-refractivity contribution in [3.8, 4) is 0 Å². The Balaban J connectivity index is 1.60. The van der Waals surface area contributed by atoms with Gasteiger partial charge in [-0.05, 0) is 11.1 Å². The fourth-order valence-corrected chi connectivity index (χ4v) is 2.73. The molecule has 106 valence electrons. The van der Waals surface area contributed by atoms with Crippen molar-refractivity contribution in [2.75, 3.05) is 0 Å². The number of ketones is 1. The largest absolute Gasteiger partial charge is 0.461 e. The van der Waals surface area contributed by atoms with Gasteiger partial charge in [-0.15, -0.1) is 0 Å². The van der Waals surface area contributed by atoms with E-state index in [1.807, 2.05) is 54.6 Å². The van der Waals surface area contributed by atoms with Gasteiger partial charge >= 0.3 is 5.97 Å². The fraction of sp³-hybridized carbons (Fsp3) is 0.222. The summed E-state index contributed by atoms with van der Waals surface area (Å²) >= 11 is 0. The summed E-state index contributed by atoms with van der Waals surface area (Å²) in [6, 6.07) is 17.1. The minimum Gasteiger partial charge on any atom is -0.461 e. The summed E-state index contributed by atoms with van der Waals surface area (Å²) < 4.78 is 5.29. The molecule has 0 aromatic heterocycles. The summed E-state index contributed by atoms with van der Waals surface area (Å²) in [6.45, 7) is 0.280. The van der Waals surface area contributed by atoms with Crippen LogP contribution in [0, 0.1) is 0 Å². The quantitative estimate of drug-likeness (QED) is 0.805. The van der Waals surface area contributed by atoms with Crippen LogP contribution in [0.3, 0.4) is 0 Å². The minimum atomic E-state index is -0.256. The van der Waals surface area contributed by atoms with E-state index in [1.165, 1.54) is 0 Å². The second-order valence-corrected chi connectivity index (χ2v) is 5.26. The number of hydrogen-bond acceptors (Lipinski definition) is 3. The van der Waals surface area contributed by atoms with Crippen molar-refractivity contribution in [1.29, 1.82) is 0 Å². The second-order valence-electron chi connectivity index (χ2n) is 5.26. The number of carbonyl (C=O) groups excluding carboxylic acids is 2. The average Bonchev–Trinajstić information content (AvgIpc) is 2.83. The van der Waals surface area contributed by atoms with Gasteiger partial charge in [0.2, 0.25) is 0 Å². The highest BCUT2D eigenvalue weighted by Crippen LogP contribution is 2.35. The van der Waals surface area contributed by atoms with Gasteiger partial charge in [0.1, 0.15) is 6.61 Å². The summed E-state index contributed by atoms with van der Waals surface area (Å²) in [6.07, 6.45) is 0.662. The SMILES string of the molecule is O=C(CC1CC(=O)c2ccccc21)OCc1ccccc1. The Morgan fingerprint density at radius 2 is 1.76 bits per heavy atom. The van der Waals surface area contributed by atoms with Crippen LogP contribution in [0.1, 0.15) is 40.2 Å².